The molecule has 2 nitrogen and oxygen atoms in total. The number of halogens is 1. The van der Waals surface area contributed by atoms with Crippen LogP contribution < -0.4 is 10.2 Å². The standard InChI is InChI=1S/C14H21FN2S/c1-3-11-10-17(7-8-18-11)14-6-4-5-13(15)12(14)9-16-2/h4-6,11,16H,3,7-10H2,1-2H3. The van der Waals surface area contributed by atoms with E-state index in [-0.39, 0.29) is 5.82 Å². The molecule has 1 aromatic carbocycles. The molecule has 1 aliphatic heterocycles. The molecule has 100 valence electrons. The zero-order valence-corrected chi connectivity index (χ0v) is 11.9. The fourth-order valence-corrected chi connectivity index (χ4v) is 3.56. The Morgan fingerprint density at radius 3 is 3.06 bits per heavy atom. The van der Waals surface area contributed by atoms with Gasteiger partial charge in [0.05, 0.1) is 0 Å². The summed E-state index contributed by atoms with van der Waals surface area (Å²) in [5, 5.41) is 3.73. The van der Waals surface area contributed by atoms with Crippen LogP contribution in [0, 0.1) is 5.82 Å². The molecule has 1 unspecified atom stereocenters. The number of benzene rings is 1. The molecule has 0 spiro atoms. The first-order valence-corrected chi connectivity index (χ1v) is 7.59. The Bertz CT molecular complexity index is 397. The highest BCUT2D eigenvalue weighted by molar-refractivity contribution is 8.00. The third-order valence-corrected chi connectivity index (χ3v) is 4.75. The van der Waals surface area contributed by atoms with Crippen molar-refractivity contribution >= 4 is 17.4 Å². The van der Waals surface area contributed by atoms with Gasteiger partial charge in [-0.3, -0.25) is 0 Å². The molecule has 0 bridgehead atoms. The van der Waals surface area contributed by atoms with E-state index in [1.165, 1.54) is 6.42 Å². The monoisotopic (exact) mass is 268 g/mol. The van der Waals surface area contributed by atoms with Crippen molar-refractivity contribution < 1.29 is 4.39 Å². The number of hydrogen-bond donors (Lipinski definition) is 1. The number of hydrogen-bond acceptors (Lipinski definition) is 3. The fourth-order valence-electron chi connectivity index (χ4n) is 2.38. The second-order valence-corrected chi connectivity index (χ2v) is 6.02. The summed E-state index contributed by atoms with van der Waals surface area (Å²) in [4.78, 5) is 2.33. The summed E-state index contributed by atoms with van der Waals surface area (Å²) in [6.45, 7) is 4.85. The molecule has 4 heteroatoms. The largest absolute Gasteiger partial charge is 0.369 e. The van der Waals surface area contributed by atoms with E-state index in [0.29, 0.717) is 11.8 Å². The van der Waals surface area contributed by atoms with E-state index in [2.05, 4.69) is 17.1 Å². The Hall–Kier alpha value is -0.740. The first-order valence-electron chi connectivity index (χ1n) is 6.54. The lowest BCUT2D eigenvalue weighted by molar-refractivity contribution is 0.597. The summed E-state index contributed by atoms with van der Waals surface area (Å²) >= 11 is 2.03. The molecule has 0 amide bonds. The number of nitrogens with one attached hydrogen (secondary N) is 1. The van der Waals surface area contributed by atoms with Gasteiger partial charge < -0.3 is 10.2 Å². The number of rotatable bonds is 4. The first-order chi connectivity index (χ1) is 8.76. The van der Waals surface area contributed by atoms with E-state index in [1.54, 1.807) is 6.07 Å². The minimum absolute atomic E-state index is 0.104. The van der Waals surface area contributed by atoms with Gasteiger partial charge >= 0.3 is 0 Å². The maximum absolute atomic E-state index is 13.9. The number of thioether (sulfide) groups is 1. The summed E-state index contributed by atoms with van der Waals surface area (Å²) in [5.74, 6) is 1.03. The van der Waals surface area contributed by atoms with Crippen molar-refractivity contribution in [2.75, 3.05) is 30.8 Å². The van der Waals surface area contributed by atoms with Crippen molar-refractivity contribution in [3.8, 4) is 0 Å². The lowest BCUT2D eigenvalue weighted by Crippen LogP contribution is -2.38. The Morgan fingerprint density at radius 1 is 1.50 bits per heavy atom. The van der Waals surface area contributed by atoms with Crippen LogP contribution in [0.2, 0.25) is 0 Å². The fraction of sp³-hybridized carbons (Fsp3) is 0.571. The van der Waals surface area contributed by atoms with Crippen LogP contribution in [0.5, 0.6) is 0 Å². The first kappa shape index (κ1) is 13.7. The Kier molecular flexibility index (Phi) is 4.89. The zero-order chi connectivity index (χ0) is 13.0. The second kappa shape index (κ2) is 6.43. The second-order valence-electron chi connectivity index (χ2n) is 4.61. The maximum atomic E-state index is 13.9. The van der Waals surface area contributed by atoms with Gasteiger partial charge in [-0.15, -0.1) is 0 Å². The molecule has 1 N–H and O–H groups in total. The third kappa shape index (κ3) is 2.98. The molecule has 0 aromatic heterocycles. The van der Waals surface area contributed by atoms with Crippen molar-refractivity contribution in [2.45, 2.75) is 25.1 Å². The van der Waals surface area contributed by atoms with Gasteiger partial charge in [0.15, 0.2) is 0 Å². The quantitative estimate of drug-likeness (QED) is 0.904. The molecular weight excluding hydrogens is 247 g/mol. The lowest BCUT2D eigenvalue weighted by Gasteiger charge is -2.35. The highest BCUT2D eigenvalue weighted by Crippen LogP contribution is 2.29. The van der Waals surface area contributed by atoms with Gasteiger partial charge in [-0.1, -0.05) is 13.0 Å². The van der Waals surface area contributed by atoms with E-state index >= 15 is 0 Å². The molecule has 0 saturated carbocycles. The van der Waals surface area contributed by atoms with Crippen LogP contribution in [0.3, 0.4) is 0 Å². The van der Waals surface area contributed by atoms with Crippen LogP contribution in [-0.4, -0.2) is 31.1 Å². The third-order valence-electron chi connectivity index (χ3n) is 3.38. The molecule has 1 atom stereocenters. The molecule has 1 fully saturated rings. The molecular formula is C14H21FN2S. The SMILES string of the molecule is CCC1CN(c2cccc(F)c2CNC)CCS1. The highest BCUT2D eigenvalue weighted by atomic mass is 32.2. The average molecular weight is 268 g/mol. The molecule has 0 radical (unpaired) electrons. The average Bonchev–Trinajstić information content (AvgIpc) is 2.41. The van der Waals surface area contributed by atoms with E-state index in [9.17, 15) is 4.39 Å². The highest BCUT2D eigenvalue weighted by Gasteiger charge is 2.21. The van der Waals surface area contributed by atoms with Crippen molar-refractivity contribution in [3.63, 3.8) is 0 Å². The van der Waals surface area contributed by atoms with Crippen molar-refractivity contribution in [1.29, 1.82) is 0 Å². The van der Waals surface area contributed by atoms with Crippen LogP contribution in [0.25, 0.3) is 0 Å². The molecule has 1 saturated heterocycles. The molecule has 1 aromatic rings. The molecule has 1 heterocycles. The maximum Gasteiger partial charge on any atom is 0.129 e. The van der Waals surface area contributed by atoms with Crippen molar-refractivity contribution in [2.24, 2.45) is 0 Å². The lowest BCUT2D eigenvalue weighted by atomic mass is 10.1. The summed E-state index contributed by atoms with van der Waals surface area (Å²) in [6, 6.07) is 5.40. The van der Waals surface area contributed by atoms with Crippen LogP contribution >= 0.6 is 11.8 Å². The normalized spacial score (nSPS) is 20.2. The smallest absolute Gasteiger partial charge is 0.129 e. The Balaban J connectivity index is 2.23. The van der Waals surface area contributed by atoms with E-state index in [1.807, 2.05) is 30.9 Å². The van der Waals surface area contributed by atoms with Gasteiger partial charge in [0.25, 0.3) is 0 Å². The Morgan fingerprint density at radius 2 is 2.33 bits per heavy atom. The van der Waals surface area contributed by atoms with Gasteiger partial charge in [0.1, 0.15) is 5.82 Å². The summed E-state index contributed by atoms with van der Waals surface area (Å²) in [7, 11) is 1.86. The van der Waals surface area contributed by atoms with Gasteiger partial charge in [-0.2, -0.15) is 11.8 Å². The number of nitrogens with zero attached hydrogens (tertiary/aromatic N) is 1. The predicted molar refractivity (Wildman–Crippen MR) is 77.9 cm³/mol. The predicted octanol–water partition coefficient (Wildman–Crippen LogP) is 2.88. The summed E-state index contributed by atoms with van der Waals surface area (Å²) in [6.07, 6.45) is 1.18. The minimum Gasteiger partial charge on any atom is -0.369 e. The molecule has 2 rings (SSSR count). The van der Waals surface area contributed by atoms with E-state index < -0.39 is 0 Å². The van der Waals surface area contributed by atoms with Crippen LogP contribution in [0.15, 0.2) is 18.2 Å². The van der Waals surface area contributed by atoms with Crippen LogP contribution in [0.1, 0.15) is 18.9 Å². The van der Waals surface area contributed by atoms with Crippen LogP contribution in [-0.2, 0) is 6.54 Å². The molecule has 18 heavy (non-hydrogen) atoms. The molecule has 0 aliphatic carbocycles. The molecule has 1 aliphatic rings. The van der Waals surface area contributed by atoms with Gasteiger partial charge in [0, 0.05) is 41.9 Å². The van der Waals surface area contributed by atoms with Crippen LogP contribution in [0.4, 0.5) is 10.1 Å². The summed E-state index contributed by atoms with van der Waals surface area (Å²) < 4.78 is 13.9. The van der Waals surface area contributed by atoms with E-state index in [4.69, 9.17) is 0 Å². The minimum atomic E-state index is -0.104. The van der Waals surface area contributed by atoms with Crippen molar-refractivity contribution in [1.82, 2.24) is 5.32 Å². The number of anilines is 1. The van der Waals surface area contributed by atoms with E-state index in [0.717, 1.165) is 30.1 Å². The zero-order valence-electron chi connectivity index (χ0n) is 11.1. The van der Waals surface area contributed by atoms with Gasteiger partial charge in [-0.05, 0) is 25.6 Å². The van der Waals surface area contributed by atoms with Crippen molar-refractivity contribution in [3.05, 3.63) is 29.6 Å². The Labute approximate surface area is 113 Å². The van der Waals surface area contributed by atoms with Gasteiger partial charge in [-0.25, -0.2) is 4.39 Å². The van der Waals surface area contributed by atoms with Gasteiger partial charge in [0.2, 0.25) is 0 Å². The summed E-state index contributed by atoms with van der Waals surface area (Å²) in [5.41, 5.74) is 1.85. The topological polar surface area (TPSA) is 15.3 Å².